The van der Waals surface area contributed by atoms with Crippen molar-refractivity contribution in [3.8, 4) is 0 Å². The van der Waals surface area contributed by atoms with Crippen LogP contribution < -0.4 is 0 Å². The van der Waals surface area contributed by atoms with Gasteiger partial charge in [-0.25, -0.2) is 0 Å². The summed E-state index contributed by atoms with van der Waals surface area (Å²) < 4.78 is 11.5. The fraction of sp³-hybridized carbons (Fsp3) is 0.889. The van der Waals surface area contributed by atoms with Crippen molar-refractivity contribution in [3.63, 3.8) is 0 Å². The Bertz CT molecular complexity index is 281. The molecule has 1 aliphatic heterocycles. The Morgan fingerprint density at radius 2 is 1.86 bits per heavy atom. The Hall–Kier alpha value is -0.380. The molecule has 0 aromatic carbocycles. The predicted octanol–water partition coefficient (Wildman–Crippen LogP) is 3.89. The topological polar surface area (TPSA) is 21.7 Å². The van der Waals surface area contributed by atoms with E-state index in [-0.39, 0.29) is 6.10 Å². The molecule has 3 heteroatoms. The molecule has 0 radical (unpaired) electrons. The smallest absolute Gasteiger partial charge is 0.0757 e. The largest absolute Gasteiger partial charge is 0.379 e. The molecule has 1 saturated heterocycles. The van der Waals surface area contributed by atoms with E-state index >= 15 is 0 Å². The first-order chi connectivity index (χ1) is 10.2. The van der Waals surface area contributed by atoms with E-state index in [1.165, 1.54) is 24.8 Å². The van der Waals surface area contributed by atoms with Gasteiger partial charge in [0.15, 0.2) is 0 Å². The third kappa shape index (κ3) is 7.44. The highest BCUT2D eigenvalue weighted by Gasteiger charge is 2.15. The van der Waals surface area contributed by atoms with Crippen molar-refractivity contribution < 1.29 is 9.47 Å². The fourth-order valence-electron chi connectivity index (χ4n) is 2.88. The monoisotopic (exact) mass is 297 g/mol. The van der Waals surface area contributed by atoms with E-state index < -0.39 is 0 Å². The summed E-state index contributed by atoms with van der Waals surface area (Å²) in [5, 5.41) is 0. The van der Waals surface area contributed by atoms with Gasteiger partial charge in [0, 0.05) is 19.6 Å². The SMILES string of the molecule is CC/C=C(\CC(CC)CC)C(C)OCCN1CCOCC1. The molecule has 1 unspecified atom stereocenters. The summed E-state index contributed by atoms with van der Waals surface area (Å²) in [5.74, 6) is 0.799. The number of hydrogen-bond donors (Lipinski definition) is 0. The van der Waals surface area contributed by atoms with Gasteiger partial charge in [-0.1, -0.05) is 39.7 Å². The first-order valence-electron chi connectivity index (χ1n) is 8.81. The van der Waals surface area contributed by atoms with Crippen molar-refractivity contribution in [2.75, 3.05) is 39.5 Å². The minimum absolute atomic E-state index is 0.256. The van der Waals surface area contributed by atoms with Crippen LogP contribution in [0.15, 0.2) is 11.6 Å². The van der Waals surface area contributed by atoms with E-state index in [2.05, 4.69) is 38.7 Å². The van der Waals surface area contributed by atoms with Crippen molar-refractivity contribution >= 4 is 0 Å². The van der Waals surface area contributed by atoms with E-state index in [1.54, 1.807) is 0 Å². The number of hydrogen-bond acceptors (Lipinski definition) is 3. The minimum Gasteiger partial charge on any atom is -0.379 e. The Labute approximate surface area is 131 Å². The number of allylic oxidation sites excluding steroid dienone is 1. The lowest BCUT2D eigenvalue weighted by Crippen LogP contribution is -2.38. The molecule has 0 amide bonds. The van der Waals surface area contributed by atoms with Crippen molar-refractivity contribution in [3.05, 3.63) is 11.6 Å². The molecule has 0 bridgehead atoms. The van der Waals surface area contributed by atoms with Crippen LogP contribution in [0.3, 0.4) is 0 Å². The van der Waals surface area contributed by atoms with Gasteiger partial charge in [0.1, 0.15) is 0 Å². The van der Waals surface area contributed by atoms with Crippen LogP contribution in [-0.2, 0) is 9.47 Å². The van der Waals surface area contributed by atoms with Gasteiger partial charge < -0.3 is 9.47 Å². The third-order valence-corrected chi connectivity index (χ3v) is 4.55. The Morgan fingerprint density at radius 1 is 1.19 bits per heavy atom. The van der Waals surface area contributed by atoms with Crippen LogP contribution in [0.25, 0.3) is 0 Å². The Balaban J connectivity index is 2.34. The zero-order valence-electron chi connectivity index (χ0n) is 14.6. The van der Waals surface area contributed by atoms with Gasteiger partial charge >= 0.3 is 0 Å². The average Bonchev–Trinajstić information content (AvgIpc) is 2.52. The molecule has 21 heavy (non-hydrogen) atoms. The zero-order chi connectivity index (χ0) is 15.5. The summed E-state index contributed by atoms with van der Waals surface area (Å²) >= 11 is 0. The maximum absolute atomic E-state index is 6.10. The van der Waals surface area contributed by atoms with Gasteiger partial charge in [0.2, 0.25) is 0 Å². The van der Waals surface area contributed by atoms with E-state index in [4.69, 9.17) is 9.47 Å². The number of morpholine rings is 1. The van der Waals surface area contributed by atoms with Gasteiger partial charge in [-0.05, 0) is 31.3 Å². The number of nitrogens with zero attached hydrogens (tertiary/aromatic N) is 1. The highest BCUT2D eigenvalue weighted by atomic mass is 16.5. The lowest BCUT2D eigenvalue weighted by molar-refractivity contribution is 0.0116. The van der Waals surface area contributed by atoms with Gasteiger partial charge in [-0.15, -0.1) is 0 Å². The molecule has 1 atom stereocenters. The molecule has 1 aliphatic rings. The van der Waals surface area contributed by atoms with Crippen LogP contribution in [0.1, 0.15) is 53.4 Å². The summed E-state index contributed by atoms with van der Waals surface area (Å²) in [7, 11) is 0. The number of rotatable bonds is 10. The van der Waals surface area contributed by atoms with Crippen LogP contribution in [0, 0.1) is 5.92 Å². The van der Waals surface area contributed by atoms with E-state index in [9.17, 15) is 0 Å². The zero-order valence-corrected chi connectivity index (χ0v) is 14.6. The van der Waals surface area contributed by atoms with Crippen molar-refractivity contribution in [2.24, 2.45) is 5.92 Å². The highest BCUT2D eigenvalue weighted by Crippen LogP contribution is 2.22. The van der Waals surface area contributed by atoms with Crippen LogP contribution >= 0.6 is 0 Å². The fourth-order valence-corrected chi connectivity index (χ4v) is 2.88. The van der Waals surface area contributed by atoms with Crippen LogP contribution in [0.2, 0.25) is 0 Å². The molecule has 3 nitrogen and oxygen atoms in total. The highest BCUT2D eigenvalue weighted by molar-refractivity contribution is 5.08. The molecule has 0 aromatic heterocycles. The molecule has 0 aromatic rings. The lowest BCUT2D eigenvalue weighted by Gasteiger charge is -2.27. The summed E-state index contributed by atoms with van der Waals surface area (Å²) in [6.45, 7) is 14.7. The van der Waals surface area contributed by atoms with Crippen LogP contribution in [0.5, 0.6) is 0 Å². The van der Waals surface area contributed by atoms with E-state index in [0.717, 1.165) is 51.8 Å². The Morgan fingerprint density at radius 3 is 2.43 bits per heavy atom. The molecule has 0 N–H and O–H groups in total. The molecule has 0 spiro atoms. The molecule has 1 fully saturated rings. The van der Waals surface area contributed by atoms with Crippen LogP contribution in [-0.4, -0.2) is 50.5 Å². The molecule has 1 rings (SSSR count). The van der Waals surface area contributed by atoms with Crippen molar-refractivity contribution in [2.45, 2.75) is 59.5 Å². The summed E-state index contributed by atoms with van der Waals surface area (Å²) in [6, 6.07) is 0. The van der Waals surface area contributed by atoms with Gasteiger partial charge in [-0.2, -0.15) is 0 Å². The first-order valence-corrected chi connectivity index (χ1v) is 8.81. The van der Waals surface area contributed by atoms with Gasteiger partial charge in [0.05, 0.1) is 25.9 Å². The third-order valence-electron chi connectivity index (χ3n) is 4.55. The lowest BCUT2D eigenvalue weighted by atomic mass is 9.91. The number of ether oxygens (including phenoxy) is 2. The molecular formula is C18H35NO2. The molecule has 124 valence electrons. The second kappa shape index (κ2) is 11.2. The van der Waals surface area contributed by atoms with Crippen molar-refractivity contribution in [1.82, 2.24) is 4.90 Å². The predicted molar refractivity (Wildman–Crippen MR) is 89.7 cm³/mol. The average molecular weight is 297 g/mol. The summed E-state index contributed by atoms with van der Waals surface area (Å²) in [4.78, 5) is 2.43. The maximum Gasteiger partial charge on any atom is 0.0757 e. The first kappa shape index (κ1) is 18.7. The second-order valence-corrected chi connectivity index (χ2v) is 6.04. The Kier molecular flexibility index (Phi) is 9.98. The molecular weight excluding hydrogens is 262 g/mol. The van der Waals surface area contributed by atoms with Gasteiger partial charge in [0.25, 0.3) is 0 Å². The molecule has 1 heterocycles. The van der Waals surface area contributed by atoms with Crippen molar-refractivity contribution in [1.29, 1.82) is 0 Å². The summed E-state index contributed by atoms with van der Waals surface area (Å²) in [6.07, 6.45) is 7.45. The molecule has 0 aliphatic carbocycles. The van der Waals surface area contributed by atoms with E-state index in [0.29, 0.717) is 0 Å². The normalized spacial score (nSPS) is 19.2. The molecule has 0 saturated carbocycles. The van der Waals surface area contributed by atoms with E-state index in [1.807, 2.05) is 0 Å². The minimum atomic E-state index is 0.256. The van der Waals surface area contributed by atoms with Gasteiger partial charge in [-0.3, -0.25) is 4.90 Å². The quantitative estimate of drug-likeness (QED) is 0.571. The maximum atomic E-state index is 6.10. The summed E-state index contributed by atoms with van der Waals surface area (Å²) in [5.41, 5.74) is 1.49. The van der Waals surface area contributed by atoms with Crippen LogP contribution in [0.4, 0.5) is 0 Å². The second-order valence-electron chi connectivity index (χ2n) is 6.04. The standard InChI is InChI=1S/C18H35NO2/c1-5-8-18(15-17(6-2)7-3)16(4)21-14-11-19-9-12-20-13-10-19/h8,16-17H,5-7,9-15H2,1-4H3/b18-8+.